The summed E-state index contributed by atoms with van der Waals surface area (Å²) in [6.07, 6.45) is 0.341. The van der Waals surface area contributed by atoms with Crippen LogP contribution in [0, 0.1) is 0 Å². The van der Waals surface area contributed by atoms with Crippen LogP contribution in [0.1, 0.15) is 30.1 Å². The van der Waals surface area contributed by atoms with Gasteiger partial charge in [0.25, 0.3) is 5.91 Å². The van der Waals surface area contributed by atoms with E-state index in [1.165, 1.54) is 0 Å². The molecule has 0 heterocycles. The van der Waals surface area contributed by atoms with Crippen molar-refractivity contribution in [3.8, 4) is 0 Å². The van der Waals surface area contributed by atoms with Crippen molar-refractivity contribution in [3.63, 3.8) is 0 Å². The maximum Gasteiger partial charge on any atom is 0.326 e. The molecule has 6 nitrogen and oxygen atoms in total. The van der Waals surface area contributed by atoms with Crippen molar-refractivity contribution >= 4 is 28.6 Å². The molecule has 24 heavy (non-hydrogen) atoms. The number of fused-ring (bicyclic) bond motifs is 1. The van der Waals surface area contributed by atoms with Crippen LogP contribution in [0.5, 0.6) is 0 Å². The van der Waals surface area contributed by atoms with Crippen molar-refractivity contribution in [2.45, 2.75) is 25.8 Å². The number of hydrogen-bond donors (Lipinski definition) is 3. The molecule has 0 saturated carbocycles. The molecule has 2 rings (SSSR count). The van der Waals surface area contributed by atoms with Crippen LogP contribution < -0.4 is 10.6 Å². The molecule has 6 heteroatoms. The zero-order chi connectivity index (χ0) is 17.5. The Labute approximate surface area is 139 Å². The fourth-order valence-electron chi connectivity index (χ4n) is 2.33. The fraction of sp³-hybridized carbons (Fsp3) is 0.278. The minimum absolute atomic E-state index is 0.0309. The molecule has 0 bridgehead atoms. The number of nitrogens with one attached hydrogen (secondary N) is 2. The predicted octanol–water partition coefficient (Wildman–Crippen LogP) is 1.94. The molecule has 2 amide bonds. The number of hydrogen-bond acceptors (Lipinski definition) is 3. The van der Waals surface area contributed by atoms with Gasteiger partial charge in [-0.15, -0.1) is 0 Å². The Bertz CT molecular complexity index is 758. The van der Waals surface area contributed by atoms with Crippen molar-refractivity contribution in [2.24, 2.45) is 0 Å². The molecular formula is C18H20N2O4. The first kappa shape index (κ1) is 17.5. The number of carboxylic acid groups (broad SMARTS) is 1. The molecule has 126 valence electrons. The van der Waals surface area contributed by atoms with E-state index < -0.39 is 17.9 Å². The highest BCUT2D eigenvalue weighted by Gasteiger charge is 2.17. The number of carbonyl (C=O) groups excluding carboxylic acids is 2. The topological polar surface area (TPSA) is 95.5 Å². The van der Waals surface area contributed by atoms with Gasteiger partial charge in [-0.25, -0.2) is 4.79 Å². The quantitative estimate of drug-likeness (QED) is 0.724. The summed E-state index contributed by atoms with van der Waals surface area (Å²) in [5.74, 6) is -1.73. The largest absolute Gasteiger partial charge is 0.480 e. The molecular weight excluding hydrogens is 308 g/mol. The normalized spacial score (nSPS) is 11.7. The molecule has 2 aromatic carbocycles. The van der Waals surface area contributed by atoms with E-state index in [-0.39, 0.29) is 18.9 Å². The first-order valence-corrected chi connectivity index (χ1v) is 7.80. The number of amides is 2. The van der Waals surface area contributed by atoms with Gasteiger partial charge in [-0.3, -0.25) is 9.59 Å². The lowest BCUT2D eigenvalue weighted by Gasteiger charge is -2.12. The fourth-order valence-corrected chi connectivity index (χ4v) is 2.33. The lowest BCUT2D eigenvalue weighted by Crippen LogP contribution is -2.41. The van der Waals surface area contributed by atoms with Gasteiger partial charge in [0.05, 0.1) is 0 Å². The smallest absolute Gasteiger partial charge is 0.326 e. The summed E-state index contributed by atoms with van der Waals surface area (Å²) < 4.78 is 0. The zero-order valence-corrected chi connectivity index (χ0v) is 13.4. The SMILES string of the molecule is CCC(NC(=O)CCNC(=O)c1ccc2ccccc2c1)C(=O)O. The molecule has 1 unspecified atom stereocenters. The Balaban J connectivity index is 1.86. The molecule has 0 aromatic heterocycles. The average molecular weight is 328 g/mol. The number of benzene rings is 2. The summed E-state index contributed by atoms with van der Waals surface area (Å²) in [6.45, 7) is 1.83. The third-order valence-corrected chi connectivity index (χ3v) is 3.69. The van der Waals surface area contributed by atoms with E-state index in [9.17, 15) is 14.4 Å². The maximum atomic E-state index is 12.1. The van der Waals surface area contributed by atoms with E-state index in [0.29, 0.717) is 12.0 Å². The summed E-state index contributed by atoms with van der Waals surface area (Å²) >= 11 is 0. The number of carbonyl (C=O) groups is 3. The van der Waals surface area contributed by atoms with Gasteiger partial charge >= 0.3 is 5.97 Å². The monoisotopic (exact) mass is 328 g/mol. The van der Waals surface area contributed by atoms with Crippen LogP contribution in [0.3, 0.4) is 0 Å². The molecule has 0 spiro atoms. The minimum Gasteiger partial charge on any atom is -0.480 e. The highest BCUT2D eigenvalue weighted by molar-refractivity contribution is 5.98. The van der Waals surface area contributed by atoms with Crippen molar-refractivity contribution in [1.82, 2.24) is 10.6 Å². The van der Waals surface area contributed by atoms with Gasteiger partial charge in [0.2, 0.25) is 5.91 Å². The van der Waals surface area contributed by atoms with Crippen molar-refractivity contribution in [2.75, 3.05) is 6.54 Å². The molecule has 3 N–H and O–H groups in total. The maximum absolute atomic E-state index is 12.1. The Kier molecular flexibility index (Phi) is 5.89. The Morgan fingerprint density at radius 1 is 1.08 bits per heavy atom. The molecule has 0 aliphatic heterocycles. The second-order valence-corrected chi connectivity index (χ2v) is 5.43. The minimum atomic E-state index is -1.06. The molecule has 0 radical (unpaired) electrons. The summed E-state index contributed by atoms with van der Waals surface area (Å²) in [5, 5.41) is 16.0. The van der Waals surface area contributed by atoms with Gasteiger partial charge in [0.15, 0.2) is 0 Å². The van der Waals surface area contributed by atoms with E-state index in [2.05, 4.69) is 10.6 Å². The van der Waals surface area contributed by atoms with Crippen LogP contribution >= 0.6 is 0 Å². The third-order valence-electron chi connectivity index (χ3n) is 3.69. The predicted molar refractivity (Wildman–Crippen MR) is 90.8 cm³/mol. The Hall–Kier alpha value is -2.89. The molecule has 1 atom stereocenters. The lowest BCUT2D eigenvalue weighted by atomic mass is 10.1. The van der Waals surface area contributed by atoms with Crippen molar-refractivity contribution < 1.29 is 19.5 Å². The van der Waals surface area contributed by atoms with Gasteiger partial charge in [0.1, 0.15) is 6.04 Å². The van der Waals surface area contributed by atoms with Crippen LogP contribution in [0.2, 0.25) is 0 Å². The molecule has 0 fully saturated rings. The van der Waals surface area contributed by atoms with E-state index >= 15 is 0 Å². The molecule has 2 aromatic rings. The highest BCUT2D eigenvalue weighted by atomic mass is 16.4. The van der Waals surface area contributed by atoms with Crippen LogP contribution in [-0.4, -0.2) is 35.5 Å². The first-order valence-electron chi connectivity index (χ1n) is 7.80. The second kappa shape index (κ2) is 8.10. The third kappa shape index (κ3) is 4.55. The lowest BCUT2D eigenvalue weighted by molar-refractivity contribution is -0.141. The van der Waals surface area contributed by atoms with Gasteiger partial charge in [-0.2, -0.15) is 0 Å². The van der Waals surface area contributed by atoms with Gasteiger partial charge in [0, 0.05) is 18.5 Å². The number of aliphatic carboxylic acids is 1. The second-order valence-electron chi connectivity index (χ2n) is 5.43. The van der Waals surface area contributed by atoms with E-state index in [4.69, 9.17) is 5.11 Å². The van der Waals surface area contributed by atoms with E-state index in [1.807, 2.05) is 30.3 Å². The molecule has 0 aliphatic carbocycles. The van der Waals surface area contributed by atoms with Crippen LogP contribution in [0.25, 0.3) is 10.8 Å². The van der Waals surface area contributed by atoms with Gasteiger partial charge in [-0.1, -0.05) is 37.3 Å². The summed E-state index contributed by atoms with van der Waals surface area (Å²) in [6, 6.07) is 12.2. The van der Waals surface area contributed by atoms with Gasteiger partial charge < -0.3 is 15.7 Å². The summed E-state index contributed by atoms with van der Waals surface area (Å²) in [5.41, 5.74) is 0.520. The van der Waals surface area contributed by atoms with Crippen LogP contribution in [0.15, 0.2) is 42.5 Å². The number of rotatable bonds is 7. The van der Waals surface area contributed by atoms with Crippen molar-refractivity contribution in [3.05, 3.63) is 48.0 Å². The molecule has 0 saturated heterocycles. The Morgan fingerprint density at radius 2 is 1.79 bits per heavy atom. The van der Waals surface area contributed by atoms with Gasteiger partial charge in [-0.05, 0) is 29.3 Å². The zero-order valence-electron chi connectivity index (χ0n) is 13.4. The van der Waals surface area contributed by atoms with E-state index in [0.717, 1.165) is 10.8 Å². The van der Waals surface area contributed by atoms with Crippen LogP contribution in [0.4, 0.5) is 0 Å². The van der Waals surface area contributed by atoms with Crippen molar-refractivity contribution in [1.29, 1.82) is 0 Å². The number of carboxylic acids is 1. The highest BCUT2D eigenvalue weighted by Crippen LogP contribution is 2.15. The first-order chi connectivity index (χ1) is 11.5. The Morgan fingerprint density at radius 3 is 2.46 bits per heavy atom. The molecule has 0 aliphatic rings. The summed E-state index contributed by atoms with van der Waals surface area (Å²) in [7, 11) is 0. The van der Waals surface area contributed by atoms with Crippen LogP contribution in [-0.2, 0) is 9.59 Å². The standard InChI is InChI=1S/C18H20N2O4/c1-2-15(18(23)24)20-16(21)9-10-19-17(22)14-8-7-12-5-3-4-6-13(12)11-14/h3-8,11,15H,2,9-10H2,1H3,(H,19,22)(H,20,21)(H,23,24). The van der Waals surface area contributed by atoms with E-state index in [1.54, 1.807) is 19.1 Å². The summed E-state index contributed by atoms with van der Waals surface area (Å²) in [4.78, 5) is 34.7. The average Bonchev–Trinajstić information content (AvgIpc) is 2.58.